The van der Waals surface area contributed by atoms with E-state index in [1.807, 2.05) is 66.7 Å². The van der Waals surface area contributed by atoms with E-state index in [0.29, 0.717) is 110 Å². The summed E-state index contributed by atoms with van der Waals surface area (Å²) < 4.78 is 19.4. The lowest BCUT2D eigenvalue weighted by atomic mass is 10.1. The second kappa shape index (κ2) is 20.4. The van der Waals surface area contributed by atoms with Gasteiger partial charge in [-0.1, -0.05) is 54.6 Å². The zero-order valence-corrected chi connectivity index (χ0v) is 32.9. The number of nitro groups is 2. The third-order valence-electron chi connectivity index (χ3n) is 10.5. The molecule has 3 aliphatic heterocycles. The SMILES string of the molecule is O=[N+]([O-])c1ccc(N2CCN3CCNCc4ccccc4OCCN(CCOc4ccccc4C2)CCOc2ccccc2CN(c2ccc([N+](=O)[O-])cn2)CC3)nc1. The van der Waals surface area contributed by atoms with Crippen LogP contribution < -0.4 is 29.3 Å². The molecular formula is C43H49N9O7. The Bertz CT molecular complexity index is 2020. The Hall–Kier alpha value is -6.36. The van der Waals surface area contributed by atoms with Crippen molar-refractivity contribution in [3.8, 4) is 17.2 Å². The van der Waals surface area contributed by atoms with E-state index in [9.17, 15) is 20.2 Å². The summed E-state index contributed by atoms with van der Waals surface area (Å²) in [5.41, 5.74) is 2.85. The second-order valence-electron chi connectivity index (χ2n) is 14.3. The Morgan fingerprint density at radius 1 is 0.508 bits per heavy atom. The molecule has 59 heavy (non-hydrogen) atoms. The van der Waals surface area contributed by atoms with Crippen LogP contribution in [0.4, 0.5) is 23.0 Å². The number of rotatable bonds is 4. The van der Waals surface area contributed by atoms with E-state index in [1.165, 1.54) is 24.5 Å². The number of anilines is 2. The molecule has 0 unspecified atom stereocenters. The highest BCUT2D eigenvalue weighted by Crippen LogP contribution is 2.26. The van der Waals surface area contributed by atoms with Gasteiger partial charge in [0.2, 0.25) is 0 Å². The summed E-state index contributed by atoms with van der Waals surface area (Å²) in [6.45, 7) is 8.49. The summed E-state index contributed by atoms with van der Waals surface area (Å²) in [5, 5.41) is 26.7. The molecule has 8 rings (SSSR count). The molecule has 16 nitrogen and oxygen atoms in total. The molecule has 2 aromatic heterocycles. The molecule has 1 N–H and O–H groups in total. The molecule has 2 bridgehead atoms. The topological polar surface area (TPSA) is 165 Å². The van der Waals surface area contributed by atoms with Crippen LogP contribution in [0.1, 0.15) is 16.7 Å². The van der Waals surface area contributed by atoms with Gasteiger partial charge in [0.05, 0.1) is 9.85 Å². The van der Waals surface area contributed by atoms with Gasteiger partial charge in [0, 0.05) is 107 Å². The van der Waals surface area contributed by atoms with E-state index in [-0.39, 0.29) is 11.4 Å². The maximum atomic E-state index is 11.5. The van der Waals surface area contributed by atoms with E-state index in [2.05, 4.69) is 41.0 Å². The molecule has 0 aliphatic carbocycles. The van der Waals surface area contributed by atoms with Crippen molar-refractivity contribution in [2.75, 3.05) is 88.5 Å². The standard InChI is InChI=1S/C43H49N9O7/c53-51(54)37-13-15-42(45-30-37)49-21-19-47-18-17-44-29-34-7-1-4-10-39(34)57-26-23-48(24-27-58-40-11-5-2-8-35(40)32-49)25-28-59-41-12-6-3-9-36(41)33-50(22-20-47)43-16-14-38(31-46-43)52(55)56/h1-16,30-31,44H,17-29,32-33H2. The van der Waals surface area contributed by atoms with Crippen molar-refractivity contribution in [3.63, 3.8) is 0 Å². The summed E-state index contributed by atoms with van der Waals surface area (Å²) in [6.07, 6.45) is 2.60. The largest absolute Gasteiger partial charge is 0.492 e. The fourth-order valence-corrected chi connectivity index (χ4v) is 7.16. The first kappa shape index (κ1) is 40.8. The van der Waals surface area contributed by atoms with Gasteiger partial charge in [0.25, 0.3) is 11.4 Å². The molecule has 5 heterocycles. The Morgan fingerprint density at radius 2 is 0.932 bits per heavy atom. The van der Waals surface area contributed by atoms with Crippen LogP contribution in [0.5, 0.6) is 17.2 Å². The molecule has 3 aliphatic rings. The number of hydrogen-bond donors (Lipinski definition) is 1. The predicted molar refractivity (Wildman–Crippen MR) is 224 cm³/mol. The zero-order chi connectivity index (χ0) is 40.8. The molecule has 0 amide bonds. The normalized spacial score (nSPS) is 18.7. The molecule has 0 spiro atoms. The zero-order valence-electron chi connectivity index (χ0n) is 32.9. The van der Waals surface area contributed by atoms with Gasteiger partial charge in [0.15, 0.2) is 0 Å². The van der Waals surface area contributed by atoms with Gasteiger partial charge < -0.3 is 29.3 Å². The van der Waals surface area contributed by atoms with E-state index in [0.717, 1.165) is 33.9 Å². The van der Waals surface area contributed by atoms with Crippen LogP contribution in [0.3, 0.4) is 0 Å². The molecule has 0 fully saturated rings. The Morgan fingerprint density at radius 3 is 1.37 bits per heavy atom. The summed E-state index contributed by atoms with van der Waals surface area (Å²) in [5.74, 6) is 3.58. The summed E-state index contributed by atoms with van der Waals surface area (Å²) >= 11 is 0. The highest BCUT2D eigenvalue weighted by Gasteiger charge is 2.20. The minimum atomic E-state index is -0.443. The first-order chi connectivity index (χ1) is 28.9. The van der Waals surface area contributed by atoms with Crippen LogP contribution in [0, 0.1) is 20.2 Å². The van der Waals surface area contributed by atoms with E-state index in [1.54, 1.807) is 12.1 Å². The summed E-state index contributed by atoms with van der Waals surface area (Å²) in [7, 11) is 0. The first-order valence-corrected chi connectivity index (χ1v) is 19.9. The fraction of sp³-hybridized carbons (Fsp3) is 0.349. The average molecular weight is 804 g/mol. The lowest BCUT2D eigenvalue weighted by Crippen LogP contribution is -2.42. The van der Waals surface area contributed by atoms with Crippen molar-refractivity contribution < 1.29 is 24.1 Å². The molecule has 0 radical (unpaired) electrons. The Kier molecular flexibility index (Phi) is 14.1. The fourth-order valence-electron chi connectivity index (χ4n) is 7.16. The van der Waals surface area contributed by atoms with Crippen LogP contribution in [0.15, 0.2) is 109 Å². The number of ether oxygens (including phenoxy) is 3. The monoisotopic (exact) mass is 803 g/mol. The Labute approximate surface area is 343 Å². The minimum absolute atomic E-state index is 0.0742. The molecule has 16 heteroatoms. The van der Waals surface area contributed by atoms with Crippen LogP contribution in [-0.2, 0) is 19.6 Å². The number of nitrogens with zero attached hydrogens (tertiary/aromatic N) is 8. The molecule has 0 atom stereocenters. The minimum Gasteiger partial charge on any atom is -0.492 e. The van der Waals surface area contributed by atoms with Gasteiger partial charge in [-0.25, -0.2) is 9.97 Å². The summed E-state index contributed by atoms with van der Waals surface area (Å²) in [4.78, 5) is 40.2. The van der Waals surface area contributed by atoms with Crippen molar-refractivity contribution in [2.45, 2.75) is 19.6 Å². The number of nitrogens with one attached hydrogen (secondary N) is 1. The quantitative estimate of drug-likeness (QED) is 0.177. The van der Waals surface area contributed by atoms with Gasteiger partial charge in [-0.2, -0.15) is 0 Å². The molecule has 308 valence electrons. The molecule has 0 saturated carbocycles. The Balaban J connectivity index is 1.26. The molecule has 3 aromatic carbocycles. The maximum absolute atomic E-state index is 11.5. The van der Waals surface area contributed by atoms with Crippen LogP contribution in [-0.4, -0.2) is 108 Å². The second-order valence-corrected chi connectivity index (χ2v) is 14.3. The smallest absolute Gasteiger partial charge is 0.287 e. The number of para-hydroxylation sites is 3. The molecular weight excluding hydrogens is 755 g/mol. The van der Waals surface area contributed by atoms with Gasteiger partial charge >= 0.3 is 0 Å². The predicted octanol–water partition coefficient (Wildman–Crippen LogP) is 5.56. The number of benzene rings is 3. The van der Waals surface area contributed by atoms with Crippen molar-refractivity contribution in [1.29, 1.82) is 0 Å². The maximum Gasteiger partial charge on any atom is 0.287 e. The van der Waals surface area contributed by atoms with E-state index in [4.69, 9.17) is 14.2 Å². The van der Waals surface area contributed by atoms with Crippen molar-refractivity contribution >= 4 is 23.0 Å². The van der Waals surface area contributed by atoms with E-state index < -0.39 is 9.85 Å². The van der Waals surface area contributed by atoms with Gasteiger partial charge in [-0.15, -0.1) is 0 Å². The van der Waals surface area contributed by atoms with Crippen molar-refractivity contribution in [2.24, 2.45) is 0 Å². The number of pyridine rings is 2. The lowest BCUT2D eigenvalue weighted by Gasteiger charge is -2.32. The first-order valence-electron chi connectivity index (χ1n) is 19.9. The average Bonchev–Trinajstić information content (AvgIpc) is 3.25. The lowest BCUT2D eigenvalue weighted by molar-refractivity contribution is -0.385. The van der Waals surface area contributed by atoms with Crippen LogP contribution in [0.2, 0.25) is 0 Å². The highest BCUT2D eigenvalue weighted by atomic mass is 16.6. The van der Waals surface area contributed by atoms with Gasteiger partial charge in [-0.05, 0) is 30.3 Å². The number of aromatic nitrogens is 2. The molecule has 5 aromatic rings. The van der Waals surface area contributed by atoms with Crippen molar-refractivity contribution in [3.05, 3.63) is 146 Å². The third kappa shape index (κ3) is 11.4. The summed E-state index contributed by atoms with van der Waals surface area (Å²) in [6, 6.07) is 30.4. The third-order valence-corrected chi connectivity index (χ3v) is 10.5. The molecule has 0 saturated heterocycles. The number of hydrogen-bond acceptors (Lipinski definition) is 14. The van der Waals surface area contributed by atoms with Crippen LogP contribution >= 0.6 is 0 Å². The van der Waals surface area contributed by atoms with Crippen LogP contribution in [0.25, 0.3) is 0 Å². The van der Waals surface area contributed by atoms with E-state index >= 15 is 0 Å². The van der Waals surface area contributed by atoms with Gasteiger partial charge in [0.1, 0.15) is 61.1 Å². The highest BCUT2D eigenvalue weighted by molar-refractivity contribution is 5.47. The van der Waals surface area contributed by atoms with Gasteiger partial charge in [-0.3, -0.25) is 30.0 Å². The van der Waals surface area contributed by atoms with Crippen molar-refractivity contribution in [1.82, 2.24) is 25.1 Å². The number of fused-ring (bicyclic) bond motifs is 15.